The summed E-state index contributed by atoms with van der Waals surface area (Å²) in [7, 11) is 0. The van der Waals surface area contributed by atoms with Crippen LogP contribution in [0.5, 0.6) is 0 Å². The highest BCUT2D eigenvalue weighted by Gasteiger charge is 2.18. The van der Waals surface area contributed by atoms with E-state index in [2.05, 4.69) is 200 Å². The minimum atomic E-state index is 0.620. The Kier molecular flexibility index (Phi) is 7.50. The maximum atomic E-state index is 6.52. The lowest BCUT2D eigenvalue weighted by Gasteiger charge is -2.13. The molecule has 274 valence electrons. The van der Waals surface area contributed by atoms with Crippen molar-refractivity contribution in [3.8, 4) is 56.4 Å². The second-order valence-corrected chi connectivity index (χ2v) is 15.2. The fraction of sp³-hybridized carbons (Fsp3) is 0. The van der Waals surface area contributed by atoms with Crippen LogP contribution in [-0.4, -0.2) is 15.0 Å². The molecule has 0 unspecified atom stereocenters. The number of benzene rings is 10. The SMILES string of the molecule is c1ccc2cc(-c3ccc4c(c3)oc3cccc(-c5ccc(-c6nc(-c7ccc8ccccc8c7)nc(-c7cc8ccccc8c8ccccc78)n6)cc5)c34)ccc2c1. The predicted octanol–water partition coefficient (Wildman–Crippen LogP) is 14.7. The number of hydrogen-bond acceptors (Lipinski definition) is 4. The van der Waals surface area contributed by atoms with Crippen molar-refractivity contribution in [1.29, 1.82) is 0 Å². The topological polar surface area (TPSA) is 51.8 Å². The van der Waals surface area contributed by atoms with Crippen LogP contribution in [0.15, 0.2) is 205 Å². The molecule has 12 aromatic rings. The molecule has 0 aliphatic heterocycles. The van der Waals surface area contributed by atoms with E-state index in [-0.39, 0.29) is 0 Å². The van der Waals surface area contributed by atoms with E-state index in [0.29, 0.717) is 17.5 Å². The van der Waals surface area contributed by atoms with E-state index < -0.39 is 0 Å². The largest absolute Gasteiger partial charge is 0.456 e. The van der Waals surface area contributed by atoms with E-state index in [1.165, 1.54) is 32.5 Å². The summed E-state index contributed by atoms with van der Waals surface area (Å²) in [5.74, 6) is 1.90. The van der Waals surface area contributed by atoms with Gasteiger partial charge in [-0.15, -0.1) is 0 Å². The molecule has 2 heterocycles. The summed E-state index contributed by atoms with van der Waals surface area (Å²) in [6.45, 7) is 0. The van der Waals surface area contributed by atoms with Crippen molar-refractivity contribution in [3.05, 3.63) is 200 Å². The Morgan fingerprint density at radius 3 is 1.58 bits per heavy atom. The molecular formula is C55H33N3O. The van der Waals surface area contributed by atoms with E-state index >= 15 is 0 Å². The number of aromatic nitrogens is 3. The first-order valence-corrected chi connectivity index (χ1v) is 19.9. The molecule has 0 saturated heterocycles. The zero-order valence-corrected chi connectivity index (χ0v) is 31.8. The lowest BCUT2D eigenvalue weighted by Crippen LogP contribution is -2.01. The van der Waals surface area contributed by atoms with Crippen molar-refractivity contribution >= 4 is 65.0 Å². The van der Waals surface area contributed by atoms with Gasteiger partial charge in [-0.3, -0.25) is 0 Å². The molecule has 4 heteroatoms. The molecule has 0 fully saturated rings. The van der Waals surface area contributed by atoms with Gasteiger partial charge in [0.2, 0.25) is 0 Å². The first-order chi connectivity index (χ1) is 29.2. The Morgan fingerprint density at radius 2 is 0.814 bits per heavy atom. The summed E-state index contributed by atoms with van der Waals surface area (Å²) < 4.78 is 6.52. The highest BCUT2D eigenvalue weighted by atomic mass is 16.3. The number of hydrogen-bond donors (Lipinski definition) is 0. The second-order valence-electron chi connectivity index (χ2n) is 15.2. The van der Waals surface area contributed by atoms with Gasteiger partial charge in [-0.2, -0.15) is 0 Å². The van der Waals surface area contributed by atoms with Gasteiger partial charge >= 0.3 is 0 Å². The Morgan fingerprint density at radius 1 is 0.271 bits per heavy atom. The maximum absolute atomic E-state index is 6.52. The van der Waals surface area contributed by atoms with Crippen LogP contribution in [0.3, 0.4) is 0 Å². The van der Waals surface area contributed by atoms with Gasteiger partial charge in [-0.05, 0) is 102 Å². The molecule has 4 nitrogen and oxygen atoms in total. The highest BCUT2D eigenvalue weighted by molar-refractivity contribution is 6.14. The van der Waals surface area contributed by atoms with Crippen molar-refractivity contribution < 1.29 is 4.42 Å². The van der Waals surface area contributed by atoms with Crippen LogP contribution in [0.1, 0.15) is 0 Å². The fourth-order valence-electron chi connectivity index (χ4n) is 8.74. The molecule has 10 aromatic carbocycles. The molecule has 0 bridgehead atoms. The van der Waals surface area contributed by atoms with Gasteiger partial charge in [0.15, 0.2) is 17.5 Å². The summed E-state index contributed by atoms with van der Waals surface area (Å²) >= 11 is 0. The minimum Gasteiger partial charge on any atom is -0.456 e. The molecular weight excluding hydrogens is 719 g/mol. The van der Waals surface area contributed by atoms with Crippen LogP contribution in [0.4, 0.5) is 0 Å². The lowest BCUT2D eigenvalue weighted by molar-refractivity contribution is 0.669. The lowest BCUT2D eigenvalue weighted by atomic mass is 9.96. The van der Waals surface area contributed by atoms with Crippen LogP contribution in [0.2, 0.25) is 0 Å². The Labute approximate surface area is 339 Å². The quantitative estimate of drug-likeness (QED) is 0.164. The summed E-state index contributed by atoms with van der Waals surface area (Å²) in [6, 6.07) is 70.5. The average Bonchev–Trinajstić information content (AvgIpc) is 3.69. The Bertz CT molecular complexity index is 3620. The van der Waals surface area contributed by atoms with Gasteiger partial charge in [0.05, 0.1) is 0 Å². The predicted molar refractivity (Wildman–Crippen MR) is 244 cm³/mol. The molecule has 0 spiro atoms. The molecule has 0 saturated carbocycles. The monoisotopic (exact) mass is 751 g/mol. The van der Waals surface area contributed by atoms with Crippen molar-refractivity contribution in [1.82, 2.24) is 15.0 Å². The third-order valence-electron chi connectivity index (χ3n) is 11.7. The van der Waals surface area contributed by atoms with E-state index in [1.54, 1.807) is 0 Å². The van der Waals surface area contributed by atoms with E-state index in [0.717, 1.165) is 71.5 Å². The van der Waals surface area contributed by atoms with Crippen LogP contribution in [0.25, 0.3) is 121 Å². The van der Waals surface area contributed by atoms with Gasteiger partial charge < -0.3 is 4.42 Å². The normalized spacial score (nSPS) is 11.7. The molecule has 2 aromatic heterocycles. The number of rotatable bonds is 5. The number of fused-ring (bicyclic) bond motifs is 8. The molecule has 12 rings (SSSR count). The highest BCUT2D eigenvalue weighted by Crippen LogP contribution is 2.40. The van der Waals surface area contributed by atoms with Gasteiger partial charge in [0.25, 0.3) is 0 Å². The van der Waals surface area contributed by atoms with Gasteiger partial charge in [0.1, 0.15) is 11.2 Å². The third kappa shape index (κ3) is 5.65. The molecule has 0 radical (unpaired) electrons. The first-order valence-electron chi connectivity index (χ1n) is 19.9. The summed E-state index contributed by atoms with van der Waals surface area (Å²) in [4.78, 5) is 15.6. The van der Waals surface area contributed by atoms with Crippen LogP contribution in [-0.2, 0) is 0 Å². The smallest absolute Gasteiger partial charge is 0.164 e. The standard InChI is InChI=1S/C55H33N3O/c1-3-12-38-30-40(26-20-34(38)10-1)41-28-29-48-51(33-41)59-50-19-9-18-45(52(48)50)36-22-24-37(25-23-36)53-56-54(43-27-21-35-11-2-4-13-39(35)31-43)58-55(57-53)49-32-42-14-5-6-15-44(42)46-16-7-8-17-47(46)49/h1-33H. The second kappa shape index (κ2) is 13.3. The Hall–Kier alpha value is -7.95. The zero-order valence-electron chi connectivity index (χ0n) is 31.8. The Balaban J connectivity index is 0.976. The molecule has 0 atom stereocenters. The summed E-state index contributed by atoms with van der Waals surface area (Å²) in [5, 5.41) is 11.6. The summed E-state index contributed by atoms with van der Waals surface area (Å²) in [5.41, 5.74) is 9.06. The third-order valence-corrected chi connectivity index (χ3v) is 11.7. The van der Waals surface area contributed by atoms with Crippen molar-refractivity contribution in [2.45, 2.75) is 0 Å². The van der Waals surface area contributed by atoms with E-state index in [1.807, 2.05) is 0 Å². The van der Waals surface area contributed by atoms with E-state index in [9.17, 15) is 0 Å². The molecule has 0 N–H and O–H groups in total. The van der Waals surface area contributed by atoms with Gasteiger partial charge in [-0.25, -0.2) is 15.0 Å². The summed E-state index contributed by atoms with van der Waals surface area (Å²) in [6.07, 6.45) is 0. The number of nitrogens with zero attached hydrogens (tertiary/aromatic N) is 3. The number of furan rings is 1. The van der Waals surface area contributed by atoms with Gasteiger partial charge in [-0.1, -0.05) is 164 Å². The van der Waals surface area contributed by atoms with Crippen LogP contribution >= 0.6 is 0 Å². The van der Waals surface area contributed by atoms with Gasteiger partial charge in [0, 0.05) is 27.5 Å². The molecule has 59 heavy (non-hydrogen) atoms. The van der Waals surface area contributed by atoms with Crippen molar-refractivity contribution in [2.24, 2.45) is 0 Å². The minimum absolute atomic E-state index is 0.620. The average molecular weight is 752 g/mol. The molecule has 0 aliphatic carbocycles. The first kappa shape index (κ1) is 33.2. The van der Waals surface area contributed by atoms with Crippen molar-refractivity contribution in [2.75, 3.05) is 0 Å². The fourth-order valence-corrected chi connectivity index (χ4v) is 8.74. The molecule has 0 amide bonds. The maximum Gasteiger partial charge on any atom is 0.164 e. The van der Waals surface area contributed by atoms with Crippen molar-refractivity contribution in [3.63, 3.8) is 0 Å². The van der Waals surface area contributed by atoms with E-state index in [4.69, 9.17) is 19.4 Å². The zero-order chi connectivity index (χ0) is 38.9. The van der Waals surface area contributed by atoms with Crippen LogP contribution in [0, 0.1) is 0 Å². The van der Waals surface area contributed by atoms with Crippen LogP contribution < -0.4 is 0 Å². The molecule has 0 aliphatic rings.